The number of hydrogen-bond acceptors (Lipinski definition) is 5. The van der Waals surface area contributed by atoms with Gasteiger partial charge in [0.2, 0.25) is 5.91 Å². The summed E-state index contributed by atoms with van der Waals surface area (Å²) in [6.07, 6.45) is 0.935. The van der Waals surface area contributed by atoms with Gasteiger partial charge in [0.25, 0.3) is 10.0 Å². The van der Waals surface area contributed by atoms with Crippen molar-refractivity contribution in [3.63, 3.8) is 0 Å². The summed E-state index contributed by atoms with van der Waals surface area (Å²) < 4.78 is 32.2. The minimum absolute atomic E-state index is 0.165. The van der Waals surface area contributed by atoms with Gasteiger partial charge in [0.1, 0.15) is 18.1 Å². The number of amides is 1. The van der Waals surface area contributed by atoms with Crippen LogP contribution in [0.3, 0.4) is 0 Å². The highest BCUT2D eigenvalue weighted by Crippen LogP contribution is 2.30. The second-order valence-corrected chi connectivity index (χ2v) is 9.31. The van der Waals surface area contributed by atoms with Crippen LogP contribution in [0.25, 0.3) is 11.1 Å². The van der Waals surface area contributed by atoms with E-state index in [-0.39, 0.29) is 23.2 Å². The number of carbonyl (C=O) groups is 1. The van der Waals surface area contributed by atoms with Gasteiger partial charge in [-0.2, -0.15) is 0 Å². The Morgan fingerprint density at radius 3 is 2.66 bits per heavy atom. The van der Waals surface area contributed by atoms with Crippen molar-refractivity contribution >= 4 is 21.8 Å². The average Bonchev–Trinajstić information content (AvgIpc) is 3.38. The SMILES string of the molecule is O=C(CN=C1NS(=O)(=O)c2ccccc21)NCc1ccc(-c2ccc3c(c2)CCO3)cc1. The first kappa shape index (κ1) is 20.3. The van der Waals surface area contributed by atoms with E-state index in [0.29, 0.717) is 12.1 Å². The topological polar surface area (TPSA) is 96.9 Å². The second kappa shape index (κ2) is 8.12. The molecule has 2 aliphatic rings. The number of sulfonamides is 1. The lowest BCUT2D eigenvalue weighted by Gasteiger charge is -2.07. The van der Waals surface area contributed by atoms with Gasteiger partial charge in [0, 0.05) is 18.5 Å². The highest BCUT2D eigenvalue weighted by molar-refractivity contribution is 7.90. The molecule has 0 saturated carbocycles. The van der Waals surface area contributed by atoms with Gasteiger partial charge in [-0.1, -0.05) is 42.5 Å². The van der Waals surface area contributed by atoms with Crippen LogP contribution in [0.1, 0.15) is 16.7 Å². The molecule has 5 rings (SSSR count). The van der Waals surface area contributed by atoms with Gasteiger partial charge in [-0.25, -0.2) is 8.42 Å². The molecule has 0 saturated heterocycles. The first-order chi connectivity index (χ1) is 15.5. The van der Waals surface area contributed by atoms with Crippen LogP contribution in [0, 0.1) is 0 Å². The molecule has 0 bridgehead atoms. The van der Waals surface area contributed by atoms with Gasteiger partial charge >= 0.3 is 0 Å². The summed E-state index contributed by atoms with van der Waals surface area (Å²) >= 11 is 0. The van der Waals surface area contributed by atoms with Gasteiger partial charge in [0.05, 0.1) is 11.5 Å². The van der Waals surface area contributed by atoms with Crippen molar-refractivity contribution in [2.45, 2.75) is 17.9 Å². The van der Waals surface area contributed by atoms with Crippen LogP contribution in [0.5, 0.6) is 5.75 Å². The summed E-state index contributed by atoms with van der Waals surface area (Å²) in [5.74, 6) is 0.870. The predicted molar refractivity (Wildman–Crippen MR) is 121 cm³/mol. The standard InChI is InChI=1S/C24H21N3O4S/c28-23(15-26-24-20-3-1-2-4-22(20)32(29,30)27-24)25-14-16-5-7-17(8-6-16)18-9-10-21-19(13-18)11-12-31-21/h1-10,13H,11-12,14-15H2,(H,25,28)(H,26,27). The van der Waals surface area contributed by atoms with Crippen LogP contribution in [0.4, 0.5) is 0 Å². The maximum Gasteiger partial charge on any atom is 0.263 e. The van der Waals surface area contributed by atoms with Crippen LogP contribution in [-0.2, 0) is 27.8 Å². The quantitative estimate of drug-likeness (QED) is 0.628. The Balaban J connectivity index is 1.19. The fraction of sp³-hybridized carbons (Fsp3) is 0.167. The zero-order valence-corrected chi connectivity index (χ0v) is 18.0. The zero-order valence-electron chi connectivity index (χ0n) is 17.2. The lowest BCUT2D eigenvalue weighted by Crippen LogP contribution is -2.28. The Morgan fingerprint density at radius 2 is 1.81 bits per heavy atom. The third-order valence-electron chi connectivity index (χ3n) is 5.51. The van der Waals surface area contributed by atoms with Crippen LogP contribution in [0.15, 0.2) is 76.6 Å². The highest BCUT2D eigenvalue weighted by Gasteiger charge is 2.30. The number of nitrogens with one attached hydrogen (secondary N) is 2. The van der Waals surface area contributed by atoms with Crippen molar-refractivity contribution in [1.82, 2.24) is 10.0 Å². The molecule has 0 unspecified atom stereocenters. The molecule has 32 heavy (non-hydrogen) atoms. The number of amidine groups is 1. The monoisotopic (exact) mass is 447 g/mol. The molecule has 0 aliphatic carbocycles. The lowest BCUT2D eigenvalue weighted by atomic mass is 10.0. The van der Waals surface area contributed by atoms with Crippen molar-refractivity contribution < 1.29 is 17.9 Å². The Bertz CT molecular complexity index is 1330. The molecule has 0 atom stereocenters. The number of benzene rings is 3. The molecular weight excluding hydrogens is 426 g/mol. The molecule has 2 aliphatic heterocycles. The van der Waals surface area contributed by atoms with E-state index in [1.165, 1.54) is 11.6 Å². The molecule has 3 aromatic carbocycles. The van der Waals surface area contributed by atoms with Crippen molar-refractivity contribution in [3.8, 4) is 16.9 Å². The van der Waals surface area contributed by atoms with Crippen LogP contribution in [0.2, 0.25) is 0 Å². The molecule has 0 aromatic heterocycles. The second-order valence-electron chi connectivity index (χ2n) is 7.66. The van der Waals surface area contributed by atoms with Crippen molar-refractivity contribution in [2.24, 2.45) is 4.99 Å². The summed E-state index contributed by atoms with van der Waals surface area (Å²) in [5.41, 5.74) is 4.92. The van der Waals surface area contributed by atoms with Crippen LogP contribution in [-0.4, -0.2) is 33.3 Å². The van der Waals surface area contributed by atoms with E-state index in [4.69, 9.17) is 4.74 Å². The molecule has 8 heteroatoms. The molecule has 0 fully saturated rings. The number of rotatable bonds is 5. The molecule has 162 valence electrons. The van der Waals surface area contributed by atoms with Crippen LogP contribution >= 0.6 is 0 Å². The zero-order chi connectivity index (χ0) is 22.1. The highest BCUT2D eigenvalue weighted by atomic mass is 32.2. The molecule has 3 aromatic rings. The minimum atomic E-state index is -3.61. The Kier molecular flexibility index (Phi) is 5.14. The molecule has 7 nitrogen and oxygen atoms in total. The average molecular weight is 448 g/mol. The number of nitrogens with zero attached hydrogens (tertiary/aromatic N) is 1. The van der Waals surface area contributed by atoms with Crippen LogP contribution < -0.4 is 14.8 Å². The maximum absolute atomic E-state index is 12.2. The molecule has 0 spiro atoms. The molecule has 2 heterocycles. The van der Waals surface area contributed by atoms with Crippen molar-refractivity contribution in [1.29, 1.82) is 0 Å². The minimum Gasteiger partial charge on any atom is -0.493 e. The number of hydrogen-bond donors (Lipinski definition) is 2. The Hall–Kier alpha value is -3.65. The molecular formula is C24H21N3O4S. The third-order valence-corrected chi connectivity index (χ3v) is 6.91. The van der Waals surface area contributed by atoms with Gasteiger partial charge < -0.3 is 10.1 Å². The van der Waals surface area contributed by atoms with Gasteiger partial charge in [-0.15, -0.1) is 0 Å². The van der Waals surface area contributed by atoms with E-state index < -0.39 is 10.0 Å². The lowest BCUT2D eigenvalue weighted by molar-refractivity contribution is -0.119. The number of fused-ring (bicyclic) bond motifs is 2. The molecule has 2 N–H and O–H groups in total. The summed E-state index contributed by atoms with van der Waals surface area (Å²) in [4.78, 5) is 16.6. The summed E-state index contributed by atoms with van der Waals surface area (Å²) in [6.45, 7) is 0.938. The smallest absolute Gasteiger partial charge is 0.263 e. The van der Waals surface area contributed by atoms with Gasteiger partial charge in [-0.05, 0) is 46.5 Å². The summed E-state index contributed by atoms with van der Waals surface area (Å²) in [6, 6.07) is 20.8. The van der Waals surface area contributed by atoms with Gasteiger partial charge in [-0.3, -0.25) is 14.5 Å². The van der Waals surface area contributed by atoms with E-state index in [0.717, 1.165) is 35.5 Å². The van der Waals surface area contributed by atoms with E-state index in [1.807, 2.05) is 30.3 Å². The third kappa shape index (κ3) is 3.97. The number of ether oxygens (including phenoxy) is 1. The number of aliphatic imine (C=N–C) groups is 1. The Labute approximate surface area is 186 Å². The molecule has 0 radical (unpaired) electrons. The predicted octanol–water partition coefficient (Wildman–Crippen LogP) is 2.64. The van der Waals surface area contributed by atoms with E-state index in [1.54, 1.807) is 18.2 Å². The first-order valence-electron chi connectivity index (χ1n) is 10.3. The maximum atomic E-state index is 12.2. The molecule has 1 amide bonds. The van der Waals surface area contributed by atoms with Gasteiger partial charge in [0.15, 0.2) is 0 Å². The fourth-order valence-corrected chi connectivity index (χ4v) is 5.09. The largest absolute Gasteiger partial charge is 0.493 e. The summed E-state index contributed by atoms with van der Waals surface area (Å²) in [7, 11) is -3.61. The summed E-state index contributed by atoms with van der Waals surface area (Å²) in [5, 5.41) is 2.82. The fourth-order valence-electron chi connectivity index (χ4n) is 3.84. The van der Waals surface area contributed by atoms with E-state index >= 15 is 0 Å². The van der Waals surface area contributed by atoms with Crippen molar-refractivity contribution in [2.75, 3.05) is 13.2 Å². The Morgan fingerprint density at radius 1 is 1.03 bits per heavy atom. The van der Waals surface area contributed by atoms with Crippen molar-refractivity contribution in [3.05, 3.63) is 83.4 Å². The van der Waals surface area contributed by atoms with E-state index in [9.17, 15) is 13.2 Å². The number of carbonyl (C=O) groups excluding carboxylic acids is 1. The van der Waals surface area contributed by atoms with E-state index in [2.05, 4.69) is 27.2 Å². The normalized spacial score (nSPS) is 16.7. The first-order valence-corrected chi connectivity index (χ1v) is 11.8.